The monoisotopic (exact) mass is 312 g/mol. The second-order valence-electron chi connectivity index (χ2n) is 5.87. The topological polar surface area (TPSA) is 37.2 Å². The van der Waals surface area contributed by atoms with E-state index >= 15 is 0 Å². The van der Waals surface area contributed by atoms with Crippen molar-refractivity contribution < 1.29 is 9.50 Å². The molecule has 1 unspecified atom stereocenters. The normalized spacial score (nSPS) is 14.1. The number of aromatic nitrogens is 1. The fourth-order valence-electron chi connectivity index (χ4n) is 3.11. The Kier molecular flexibility index (Phi) is 4.46. The minimum atomic E-state index is -0.595. The molecule has 0 amide bonds. The van der Waals surface area contributed by atoms with Crippen molar-refractivity contribution in [2.75, 3.05) is 7.05 Å². The summed E-state index contributed by atoms with van der Waals surface area (Å²) < 4.78 is 15.5. The molecular weight excluding hydrogens is 291 g/mol. The first-order valence-electron chi connectivity index (χ1n) is 7.76. The number of aliphatic hydroxyl groups excluding tert-OH is 1. The molecule has 2 aromatic carbocycles. The summed E-state index contributed by atoms with van der Waals surface area (Å²) in [5, 5.41) is 14.7. The van der Waals surface area contributed by atoms with Crippen molar-refractivity contribution in [3.8, 4) is 0 Å². The van der Waals surface area contributed by atoms with E-state index in [-0.39, 0.29) is 12.0 Å². The van der Waals surface area contributed by atoms with Crippen LogP contribution in [-0.2, 0) is 6.42 Å². The van der Waals surface area contributed by atoms with Gasteiger partial charge in [0.05, 0.1) is 6.10 Å². The summed E-state index contributed by atoms with van der Waals surface area (Å²) in [7, 11) is 1.82. The third-order valence-corrected chi connectivity index (χ3v) is 4.24. The van der Waals surface area contributed by atoms with Crippen LogP contribution in [0.25, 0.3) is 10.9 Å². The highest BCUT2D eigenvalue weighted by Gasteiger charge is 2.22. The Bertz CT molecular complexity index is 798. The van der Waals surface area contributed by atoms with E-state index in [1.165, 1.54) is 12.1 Å². The van der Waals surface area contributed by atoms with Crippen molar-refractivity contribution >= 4 is 10.9 Å². The summed E-state index contributed by atoms with van der Waals surface area (Å²) in [4.78, 5) is 0. The number of hydrogen-bond acceptors (Lipinski definition) is 2. The zero-order chi connectivity index (χ0) is 16.4. The van der Waals surface area contributed by atoms with Crippen LogP contribution >= 0.6 is 0 Å². The minimum Gasteiger partial charge on any atom is -0.389 e. The summed E-state index contributed by atoms with van der Waals surface area (Å²) >= 11 is 0. The van der Waals surface area contributed by atoms with Gasteiger partial charge in [-0.1, -0.05) is 30.3 Å². The molecule has 0 saturated carbocycles. The Hall–Kier alpha value is -2.17. The van der Waals surface area contributed by atoms with Crippen LogP contribution in [0.3, 0.4) is 0 Å². The number of nitrogens with zero attached hydrogens (tertiary/aromatic N) is 1. The quantitative estimate of drug-likeness (QED) is 0.757. The molecule has 3 rings (SSSR count). The lowest BCUT2D eigenvalue weighted by atomic mass is 10.1. The van der Waals surface area contributed by atoms with Gasteiger partial charge in [-0.25, -0.2) is 4.39 Å². The fourth-order valence-corrected chi connectivity index (χ4v) is 3.11. The van der Waals surface area contributed by atoms with Gasteiger partial charge in [-0.15, -0.1) is 0 Å². The van der Waals surface area contributed by atoms with Gasteiger partial charge in [0.1, 0.15) is 12.0 Å². The maximum absolute atomic E-state index is 13.5. The number of halogens is 1. The van der Waals surface area contributed by atoms with Crippen molar-refractivity contribution in [3.05, 3.63) is 71.7 Å². The van der Waals surface area contributed by atoms with Crippen molar-refractivity contribution in [1.29, 1.82) is 0 Å². The second kappa shape index (κ2) is 6.52. The average Bonchev–Trinajstić information content (AvgIpc) is 2.85. The van der Waals surface area contributed by atoms with Crippen LogP contribution in [-0.4, -0.2) is 22.8 Å². The van der Waals surface area contributed by atoms with Crippen molar-refractivity contribution in [3.63, 3.8) is 0 Å². The lowest BCUT2D eigenvalue weighted by Gasteiger charge is -2.25. The molecule has 0 radical (unpaired) electrons. The van der Waals surface area contributed by atoms with Crippen LogP contribution in [0.5, 0.6) is 0 Å². The summed E-state index contributed by atoms with van der Waals surface area (Å²) in [5.74, 6) is -0.246. The maximum atomic E-state index is 13.5. The van der Waals surface area contributed by atoms with Gasteiger partial charge in [0.15, 0.2) is 0 Å². The van der Waals surface area contributed by atoms with Gasteiger partial charge < -0.3 is 9.67 Å². The third kappa shape index (κ3) is 3.14. The van der Waals surface area contributed by atoms with E-state index in [1.807, 2.05) is 55.1 Å². The van der Waals surface area contributed by atoms with E-state index in [1.54, 1.807) is 6.07 Å². The minimum absolute atomic E-state index is 0.246. The Morgan fingerprint density at radius 1 is 1.17 bits per heavy atom. The lowest BCUT2D eigenvalue weighted by Crippen LogP contribution is -2.35. The van der Waals surface area contributed by atoms with E-state index < -0.39 is 6.10 Å². The molecule has 23 heavy (non-hydrogen) atoms. The van der Waals surface area contributed by atoms with Gasteiger partial charge >= 0.3 is 0 Å². The fraction of sp³-hybridized carbons (Fsp3) is 0.263. The van der Waals surface area contributed by atoms with E-state index in [0.29, 0.717) is 6.42 Å². The Labute approximate surface area is 135 Å². The molecule has 0 saturated heterocycles. The highest BCUT2D eigenvalue weighted by molar-refractivity contribution is 5.84. The zero-order valence-corrected chi connectivity index (χ0v) is 13.3. The molecule has 2 N–H and O–H groups in total. The van der Waals surface area contributed by atoms with E-state index in [2.05, 4.69) is 5.32 Å². The number of aliphatic hydroxyl groups is 1. The highest BCUT2D eigenvalue weighted by atomic mass is 19.1. The zero-order valence-electron chi connectivity index (χ0n) is 13.3. The van der Waals surface area contributed by atoms with Gasteiger partial charge in [0, 0.05) is 23.5 Å². The van der Waals surface area contributed by atoms with E-state index in [0.717, 1.165) is 22.0 Å². The van der Waals surface area contributed by atoms with Gasteiger partial charge in [-0.3, -0.25) is 5.32 Å². The number of aryl methyl sites for hydroxylation is 1. The smallest absolute Gasteiger partial charge is 0.123 e. The maximum Gasteiger partial charge on any atom is 0.123 e. The first-order chi connectivity index (χ1) is 11.1. The summed E-state index contributed by atoms with van der Waals surface area (Å²) in [6.07, 6.45) is 1.63. The van der Waals surface area contributed by atoms with Crippen LogP contribution in [0.2, 0.25) is 0 Å². The van der Waals surface area contributed by atoms with Crippen LogP contribution in [0.1, 0.15) is 17.3 Å². The van der Waals surface area contributed by atoms with Crippen molar-refractivity contribution in [1.82, 2.24) is 9.88 Å². The third-order valence-electron chi connectivity index (χ3n) is 4.24. The molecule has 3 nitrogen and oxygen atoms in total. The van der Waals surface area contributed by atoms with Gasteiger partial charge in [0.25, 0.3) is 0 Å². The molecule has 0 spiro atoms. The first-order valence-corrected chi connectivity index (χ1v) is 7.76. The molecule has 0 bridgehead atoms. The molecule has 0 fully saturated rings. The molecule has 0 aliphatic heterocycles. The Balaban J connectivity index is 1.94. The molecule has 0 aliphatic carbocycles. The Morgan fingerprint density at radius 2 is 1.91 bits per heavy atom. The van der Waals surface area contributed by atoms with Crippen LogP contribution in [0.15, 0.2) is 54.7 Å². The summed E-state index contributed by atoms with van der Waals surface area (Å²) in [5.41, 5.74) is 2.99. The predicted molar refractivity (Wildman–Crippen MR) is 90.9 cm³/mol. The standard InChI is InChI=1S/C19H21FN2O/c1-13-12-22(17-9-8-15(20)11-16(13)17)19(21-2)18(23)10-14-6-4-3-5-7-14/h3-9,11-12,18-19,21,23H,10H2,1-2H3/t18-,19?/m1/s1. The number of nitrogens with one attached hydrogen (secondary N) is 1. The molecule has 1 aromatic heterocycles. The lowest BCUT2D eigenvalue weighted by molar-refractivity contribution is 0.100. The first kappa shape index (κ1) is 15.7. The number of benzene rings is 2. The number of likely N-dealkylation sites (N-methyl/N-ethyl adjacent to an activating group) is 1. The van der Waals surface area contributed by atoms with E-state index in [9.17, 15) is 9.50 Å². The van der Waals surface area contributed by atoms with Crippen LogP contribution in [0.4, 0.5) is 4.39 Å². The summed E-state index contributed by atoms with van der Waals surface area (Å²) in [6.45, 7) is 1.95. The molecular formula is C19H21FN2O. The van der Waals surface area contributed by atoms with Gasteiger partial charge in [-0.05, 0) is 43.3 Å². The van der Waals surface area contributed by atoms with Crippen molar-refractivity contribution in [2.24, 2.45) is 0 Å². The molecule has 2 atom stereocenters. The number of hydrogen-bond donors (Lipinski definition) is 2. The molecule has 120 valence electrons. The van der Waals surface area contributed by atoms with Gasteiger partial charge in [-0.2, -0.15) is 0 Å². The molecule has 1 heterocycles. The number of fused-ring (bicyclic) bond motifs is 1. The average molecular weight is 312 g/mol. The van der Waals surface area contributed by atoms with Crippen LogP contribution in [0, 0.1) is 12.7 Å². The number of rotatable bonds is 5. The van der Waals surface area contributed by atoms with Gasteiger partial charge in [0.2, 0.25) is 0 Å². The highest BCUT2D eigenvalue weighted by Crippen LogP contribution is 2.26. The Morgan fingerprint density at radius 3 is 2.61 bits per heavy atom. The SMILES string of the molecule is CNC([C@H](O)Cc1ccccc1)n1cc(C)c2cc(F)ccc21. The largest absolute Gasteiger partial charge is 0.389 e. The van der Waals surface area contributed by atoms with E-state index in [4.69, 9.17) is 0 Å². The molecule has 0 aliphatic rings. The summed E-state index contributed by atoms with van der Waals surface area (Å²) in [6, 6.07) is 14.7. The molecule has 4 heteroatoms. The predicted octanol–water partition coefficient (Wildman–Crippen LogP) is 3.41. The molecule has 3 aromatic rings. The van der Waals surface area contributed by atoms with Crippen molar-refractivity contribution in [2.45, 2.75) is 25.6 Å². The second-order valence-corrected chi connectivity index (χ2v) is 5.87. The van der Waals surface area contributed by atoms with Crippen LogP contribution < -0.4 is 5.32 Å².